The summed E-state index contributed by atoms with van der Waals surface area (Å²) in [6.45, 7) is 1.89. The van der Waals surface area contributed by atoms with Gasteiger partial charge in [0.05, 0.1) is 0 Å². The number of nitrogens with one attached hydrogen (secondary N) is 1. The lowest BCUT2D eigenvalue weighted by Gasteiger charge is -2.18. The molecule has 26 heavy (non-hydrogen) atoms. The van der Waals surface area contributed by atoms with Gasteiger partial charge in [0.1, 0.15) is 0 Å². The van der Waals surface area contributed by atoms with Gasteiger partial charge in [0.25, 0.3) is 11.8 Å². The van der Waals surface area contributed by atoms with Gasteiger partial charge in [0.2, 0.25) is 0 Å². The maximum atomic E-state index is 12.7. The lowest BCUT2D eigenvalue weighted by atomic mass is 10.1. The first-order chi connectivity index (χ1) is 12.6. The van der Waals surface area contributed by atoms with E-state index in [9.17, 15) is 9.59 Å². The van der Waals surface area contributed by atoms with Gasteiger partial charge < -0.3 is 10.2 Å². The van der Waals surface area contributed by atoms with Crippen molar-refractivity contribution in [2.75, 3.05) is 17.3 Å². The van der Waals surface area contributed by atoms with Crippen molar-refractivity contribution in [1.29, 1.82) is 0 Å². The van der Waals surface area contributed by atoms with Crippen LogP contribution in [0, 0.1) is 6.92 Å². The predicted octanol–water partition coefficient (Wildman–Crippen LogP) is 4.52. The highest BCUT2D eigenvalue weighted by Gasteiger charge is 2.15. The summed E-state index contributed by atoms with van der Waals surface area (Å²) in [4.78, 5) is 26.8. The van der Waals surface area contributed by atoms with Crippen molar-refractivity contribution < 1.29 is 9.59 Å². The molecule has 0 unspecified atom stereocenters. The van der Waals surface area contributed by atoms with Crippen LogP contribution in [0.3, 0.4) is 0 Å². The number of aryl methyl sites for hydroxylation is 1. The molecule has 4 heteroatoms. The van der Waals surface area contributed by atoms with Crippen molar-refractivity contribution in [2.24, 2.45) is 0 Å². The first-order valence-electron chi connectivity index (χ1n) is 8.36. The minimum absolute atomic E-state index is 0.136. The van der Waals surface area contributed by atoms with Crippen molar-refractivity contribution in [3.63, 3.8) is 0 Å². The fourth-order valence-electron chi connectivity index (χ4n) is 2.72. The topological polar surface area (TPSA) is 49.4 Å². The average Bonchev–Trinajstić information content (AvgIpc) is 2.68. The molecule has 0 saturated carbocycles. The Morgan fingerprint density at radius 2 is 1.54 bits per heavy atom. The second-order valence-electron chi connectivity index (χ2n) is 6.05. The predicted molar refractivity (Wildman–Crippen MR) is 105 cm³/mol. The van der Waals surface area contributed by atoms with E-state index in [0.717, 1.165) is 11.3 Å². The van der Waals surface area contributed by atoms with E-state index in [0.29, 0.717) is 16.8 Å². The Bertz CT molecular complexity index is 936. The van der Waals surface area contributed by atoms with E-state index >= 15 is 0 Å². The summed E-state index contributed by atoms with van der Waals surface area (Å²) in [5.41, 5.74) is 3.43. The molecule has 0 fully saturated rings. The molecule has 0 aliphatic carbocycles. The van der Waals surface area contributed by atoms with E-state index in [1.54, 1.807) is 42.3 Å². The van der Waals surface area contributed by atoms with E-state index in [2.05, 4.69) is 5.32 Å². The second-order valence-corrected chi connectivity index (χ2v) is 6.05. The summed E-state index contributed by atoms with van der Waals surface area (Å²) in [7, 11) is 1.73. The molecule has 0 spiro atoms. The number of rotatable bonds is 4. The lowest BCUT2D eigenvalue weighted by Crippen LogP contribution is -2.26. The zero-order chi connectivity index (χ0) is 18.5. The molecule has 130 valence electrons. The van der Waals surface area contributed by atoms with Gasteiger partial charge in [-0.1, -0.05) is 42.5 Å². The number of carbonyl (C=O) groups is 2. The highest BCUT2D eigenvalue weighted by atomic mass is 16.2. The molecule has 4 nitrogen and oxygen atoms in total. The summed E-state index contributed by atoms with van der Waals surface area (Å²) in [6.07, 6.45) is 0. The fraction of sp³-hybridized carbons (Fsp3) is 0.0909. The summed E-state index contributed by atoms with van der Waals surface area (Å²) in [5, 5.41) is 2.86. The van der Waals surface area contributed by atoms with Crippen molar-refractivity contribution in [3.05, 3.63) is 95.6 Å². The van der Waals surface area contributed by atoms with E-state index in [1.807, 2.05) is 55.5 Å². The molecule has 0 saturated heterocycles. The Morgan fingerprint density at radius 3 is 2.27 bits per heavy atom. The van der Waals surface area contributed by atoms with Gasteiger partial charge in [-0.15, -0.1) is 0 Å². The summed E-state index contributed by atoms with van der Waals surface area (Å²) >= 11 is 0. The highest BCUT2D eigenvalue weighted by molar-refractivity contribution is 6.08. The van der Waals surface area contributed by atoms with Crippen LogP contribution >= 0.6 is 0 Å². The molecular weight excluding hydrogens is 324 g/mol. The monoisotopic (exact) mass is 344 g/mol. The van der Waals surface area contributed by atoms with Gasteiger partial charge in [-0.2, -0.15) is 0 Å². The van der Waals surface area contributed by atoms with Crippen LogP contribution in [-0.2, 0) is 0 Å². The molecule has 0 heterocycles. The van der Waals surface area contributed by atoms with E-state index in [4.69, 9.17) is 0 Å². The molecule has 0 radical (unpaired) electrons. The largest absolute Gasteiger partial charge is 0.322 e. The first kappa shape index (κ1) is 17.4. The van der Waals surface area contributed by atoms with Crippen LogP contribution < -0.4 is 10.2 Å². The van der Waals surface area contributed by atoms with Gasteiger partial charge in [0.15, 0.2) is 0 Å². The zero-order valence-electron chi connectivity index (χ0n) is 14.8. The quantitative estimate of drug-likeness (QED) is 0.756. The van der Waals surface area contributed by atoms with E-state index < -0.39 is 0 Å². The van der Waals surface area contributed by atoms with Crippen LogP contribution in [0.15, 0.2) is 78.9 Å². The molecule has 0 aromatic heterocycles. The normalized spacial score (nSPS) is 10.2. The molecule has 3 rings (SSSR count). The fourth-order valence-corrected chi connectivity index (χ4v) is 2.72. The van der Waals surface area contributed by atoms with E-state index in [-0.39, 0.29) is 11.8 Å². The maximum Gasteiger partial charge on any atom is 0.258 e. The molecule has 3 aromatic rings. The number of nitrogens with zero attached hydrogens (tertiary/aromatic N) is 1. The second kappa shape index (κ2) is 7.66. The molecule has 0 atom stereocenters. The standard InChI is InChI=1S/C22H20N2O2/c1-16-9-6-7-14-20(16)21(25)23-18-11-8-10-17(15-18)22(26)24(2)19-12-4-3-5-13-19/h3-15H,1-2H3,(H,23,25). The minimum atomic E-state index is -0.191. The van der Waals surface area contributed by atoms with Crippen molar-refractivity contribution in [2.45, 2.75) is 6.92 Å². The van der Waals surface area contributed by atoms with Crippen LogP contribution in [0.25, 0.3) is 0 Å². The molecule has 3 aromatic carbocycles. The summed E-state index contributed by atoms with van der Waals surface area (Å²) in [5.74, 6) is -0.327. The molecule has 0 bridgehead atoms. The molecule has 1 N–H and O–H groups in total. The van der Waals surface area contributed by atoms with Crippen molar-refractivity contribution in [3.8, 4) is 0 Å². The van der Waals surface area contributed by atoms with Crippen LogP contribution in [0.5, 0.6) is 0 Å². The van der Waals surface area contributed by atoms with Crippen molar-refractivity contribution in [1.82, 2.24) is 0 Å². The minimum Gasteiger partial charge on any atom is -0.322 e. The van der Waals surface area contributed by atoms with Gasteiger partial charge in [-0.05, 0) is 48.9 Å². The van der Waals surface area contributed by atoms with Crippen LogP contribution in [0.4, 0.5) is 11.4 Å². The summed E-state index contributed by atoms with van der Waals surface area (Å²) < 4.78 is 0. The number of para-hydroxylation sites is 1. The Balaban J connectivity index is 1.79. The molecule has 0 aliphatic rings. The van der Waals surface area contributed by atoms with Crippen LogP contribution in [-0.4, -0.2) is 18.9 Å². The average molecular weight is 344 g/mol. The van der Waals surface area contributed by atoms with E-state index in [1.165, 1.54) is 0 Å². The third kappa shape index (κ3) is 3.81. The summed E-state index contributed by atoms with van der Waals surface area (Å²) in [6, 6.07) is 23.8. The third-order valence-corrected chi connectivity index (χ3v) is 4.21. The van der Waals surface area contributed by atoms with Crippen LogP contribution in [0.1, 0.15) is 26.3 Å². The third-order valence-electron chi connectivity index (χ3n) is 4.21. The Hall–Kier alpha value is -3.40. The number of carbonyl (C=O) groups excluding carboxylic acids is 2. The van der Waals surface area contributed by atoms with Crippen LogP contribution in [0.2, 0.25) is 0 Å². The number of amides is 2. The lowest BCUT2D eigenvalue weighted by molar-refractivity contribution is 0.0990. The smallest absolute Gasteiger partial charge is 0.258 e. The molecule has 0 aliphatic heterocycles. The van der Waals surface area contributed by atoms with Gasteiger partial charge in [0, 0.05) is 29.5 Å². The van der Waals surface area contributed by atoms with Gasteiger partial charge >= 0.3 is 0 Å². The Labute approximate surface area is 153 Å². The maximum absolute atomic E-state index is 12.7. The number of hydrogen-bond donors (Lipinski definition) is 1. The number of hydrogen-bond acceptors (Lipinski definition) is 2. The Morgan fingerprint density at radius 1 is 0.846 bits per heavy atom. The zero-order valence-corrected chi connectivity index (χ0v) is 14.8. The number of anilines is 2. The first-order valence-corrected chi connectivity index (χ1v) is 8.36. The van der Waals surface area contributed by atoms with Gasteiger partial charge in [-0.25, -0.2) is 0 Å². The highest BCUT2D eigenvalue weighted by Crippen LogP contribution is 2.18. The number of benzene rings is 3. The van der Waals surface area contributed by atoms with Gasteiger partial charge in [-0.3, -0.25) is 9.59 Å². The molecular formula is C22H20N2O2. The van der Waals surface area contributed by atoms with Crippen molar-refractivity contribution >= 4 is 23.2 Å². The molecule has 2 amide bonds. The SMILES string of the molecule is Cc1ccccc1C(=O)Nc1cccc(C(=O)N(C)c2ccccc2)c1. The Kier molecular flexibility index (Phi) is 5.13.